The SMILES string of the molecule is Cc1c(N)noc1-c1cccc(C(F)(F)F)c1. The third kappa shape index (κ3) is 2.11. The number of anilines is 1. The van der Waals surface area contributed by atoms with Crippen LogP contribution in [0.5, 0.6) is 0 Å². The highest BCUT2D eigenvalue weighted by Crippen LogP contribution is 2.33. The number of hydrogen-bond acceptors (Lipinski definition) is 3. The van der Waals surface area contributed by atoms with Crippen LogP contribution < -0.4 is 5.73 Å². The Morgan fingerprint density at radius 1 is 1.29 bits per heavy atom. The molecule has 0 saturated carbocycles. The van der Waals surface area contributed by atoms with Crippen molar-refractivity contribution in [3.63, 3.8) is 0 Å². The Labute approximate surface area is 95.0 Å². The Bertz CT molecular complexity index is 546. The highest BCUT2D eigenvalue weighted by atomic mass is 19.4. The van der Waals surface area contributed by atoms with Crippen molar-refractivity contribution in [1.82, 2.24) is 5.16 Å². The molecule has 0 aliphatic carbocycles. The van der Waals surface area contributed by atoms with E-state index in [1.165, 1.54) is 12.1 Å². The molecule has 0 atom stereocenters. The predicted molar refractivity (Wildman–Crippen MR) is 56.1 cm³/mol. The number of nitrogen functional groups attached to an aromatic ring is 1. The molecule has 0 bridgehead atoms. The van der Waals surface area contributed by atoms with Crippen LogP contribution in [-0.4, -0.2) is 5.16 Å². The lowest BCUT2D eigenvalue weighted by Crippen LogP contribution is -2.04. The second kappa shape index (κ2) is 3.80. The van der Waals surface area contributed by atoms with Crippen molar-refractivity contribution in [2.45, 2.75) is 13.1 Å². The maximum atomic E-state index is 12.5. The minimum atomic E-state index is -4.38. The summed E-state index contributed by atoms with van der Waals surface area (Å²) in [6, 6.07) is 4.84. The van der Waals surface area contributed by atoms with Crippen molar-refractivity contribution >= 4 is 5.82 Å². The lowest BCUT2D eigenvalue weighted by Gasteiger charge is -2.07. The van der Waals surface area contributed by atoms with E-state index >= 15 is 0 Å². The van der Waals surface area contributed by atoms with Gasteiger partial charge in [-0.05, 0) is 19.1 Å². The molecule has 90 valence electrons. The number of rotatable bonds is 1. The van der Waals surface area contributed by atoms with Gasteiger partial charge in [-0.15, -0.1) is 0 Å². The summed E-state index contributed by atoms with van der Waals surface area (Å²) in [5.41, 5.74) is 5.58. The van der Waals surface area contributed by atoms with Crippen LogP contribution in [0, 0.1) is 6.92 Å². The molecule has 0 aliphatic rings. The van der Waals surface area contributed by atoms with Crippen molar-refractivity contribution in [3.05, 3.63) is 35.4 Å². The zero-order valence-electron chi connectivity index (χ0n) is 8.88. The highest BCUT2D eigenvalue weighted by molar-refractivity contribution is 5.66. The average molecular weight is 242 g/mol. The van der Waals surface area contributed by atoms with Gasteiger partial charge in [-0.25, -0.2) is 0 Å². The summed E-state index contributed by atoms with van der Waals surface area (Å²) in [7, 11) is 0. The monoisotopic (exact) mass is 242 g/mol. The molecule has 1 aromatic heterocycles. The molecule has 0 amide bonds. The normalized spacial score (nSPS) is 11.8. The first-order valence-electron chi connectivity index (χ1n) is 4.79. The number of nitrogens with zero attached hydrogens (tertiary/aromatic N) is 1. The van der Waals surface area contributed by atoms with E-state index in [2.05, 4.69) is 5.16 Å². The fraction of sp³-hybridized carbons (Fsp3) is 0.182. The summed E-state index contributed by atoms with van der Waals surface area (Å²) in [5.74, 6) is 0.436. The van der Waals surface area contributed by atoms with E-state index in [0.29, 0.717) is 11.1 Å². The van der Waals surface area contributed by atoms with Gasteiger partial charge in [0.1, 0.15) is 0 Å². The fourth-order valence-electron chi connectivity index (χ4n) is 1.45. The molecule has 0 aliphatic heterocycles. The third-order valence-corrected chi connectivity index (χ3v) is 2.41. The molecule has 1 heterocycles. The number of benzene rings is 1. The molecular weight excluding hydrogens is 233 g/mol. The Kier molecular flexibility index (Phi) is 2.57. The van der Waals surface area contributed by atoms with Crippen LogP contribution in [0.3, 0.4) is 0 Å². The fourth-order valence-corrected chi connectivity index (χ4v) is 1.45. The molecule has 6 heteroatoms. The van der Waals surface area contributed by atoms with Crippen molar-refractivity contribution in [2.75, 3.05) is 5.73 Å². The van der Waals surface area contributed by atoms with E-state index in [0.717, 1.165) is 12.1 Å². The minimum Gasteiger partial charge on any atom is -0.381 e. The van der Waals surface area contributed by atoms with Crippen LogP contribution in [0.2, 0.25) is 0 Å². The first-order chi connectivity index (χ1) is 7.89. The van der Waals surface area contributed by atoms with E-state index in [4.69, 9.17) is 10.3 Å². The summed E-state index contributed by atoms with van der Waals surface area (Å²) >= 11 is 0. The topological polar surface area (TPSA) is 52.0 Å². The van der Waals surface area contributed by atoms with Gasteiger partial charge in [0.05, 0.1) is 5.56 Å². The molecule has 17 heavy (non-hydrogen) atoms. The van der Waals surface area contributed by atoms with Gasteiger partial charge in [-0.1, -0.05) is 17.3 Å². The Morgan fingerprint density at radius 3 is 2.53 bits per heavy atom. The van der Waals surface area contributed by atoms with Crippen molar-refractivity contribution in [1.29, 1.82) is 0 Å². The lowest BCUT2D eigenvalue weighted by molar-refractivity contribution is -0.137. The molecule has 0 fully saturated rings. The van der Waals surface area contributed by atoms with Crippen LogP contribution in [0.4, 0.5) is 19.0 Å². The molecule has 3 nitrogen and oxygen atoms in total. The largest absolute Gasteiger partial charge is 0.416 e. The maximum absolute atomic E-state index is 12.5. The van der Waals surface area contributed by atoms with Gasteiger partial charge in [-0.2, -0.15) is 13.2 Å². The van der Waals surface area contributed by atoms with E-state index in [1.54, 1.807) is 6.92 Å². The molecule has 2 aromatic rings. The summed E-state index contributed by atoms with van der Waals surface area (Å²) in [6.07, 6.45) is -4.38. The molecule has 1 aromatic carbocycles. The van der Waals surface area contributed by atoms with Gasteiger partial charge in [0, 0.05) is 11.1 Å². The summed E-state index contributed by atoms with van der Waals surface area (Å²) < 4.78 is 42.5. The van der Waals surface area contributed by atoms with Gasteiger partial charge in [0.2, 0.25) is 0 Å². The molecule has 0 spiro atoms. The highest BCUT2D eigenvalue weighted by Gasteiger charge is 2.30. The first-order valence-corrected chi connectivity index (χ1v) is 4.79. The quantitative estimate of drug-likeness (QED) is 0.835. The van der Waals surface area contributed by atoms with Crippen molar-refractivity contribution in [3.8, 4) is 11.3 Å². The number of hydrogen-bond donors (Lipinski definition) is 1. The first kappa shape index (κ1) is 11.5. The van der Waals surface area contributed by atoms with Crippen molar-refractivity contribution in [2.24, 2.45) is 0 Å². The maximum Gasteiger partial charge on any atom is 0.416 e. The molecule has 0 radical (unpaired) electrons. The van der Waals surface area contributed by atoms with Crippen molar-refractivity contribution < 1.29 is 17.7 Å². The Balaban J connectivity index is 2.51. The smallest absolute Gasteiger partial charge is 0.381 e. The Morgan fingerprint density at radius 2 is 2.00 bits per heavy atom. The second-order valence-electron chi connectivity index (χ2n) is 3.60. The van der Waals surface area contributed by atoms with Gasteiger partial charge >= 0.3 is 6.18 Å². The summed E-state index contributed by atoms with van der Waals surface area (Å²) in [4.78, 5) is 0. The van der Waals surface area contributed by atoms with Crippen LogP contribution >= 0.6 is 0 Å². The number of alkyl halides is 3. The van der Waals surface area contributed by atoms with Crippen LogP contribution in [0.15, 0.2) is 28.8 Å². The zero-order chi connectivity index (χ0) is 12.6. The molecule has 0 unspecified atom stereocenters. The van der Waals surface area contributed by atoms with Crippen LogP contribution in [-0.2, 0) is 6.18 Å². The van der Waals surface area contributed by atoms with E-state index in [1.807, 2.05) is 0 Å². The van der Waals surface area contributed by atoms with Crippen LogP contribution in [0.25, 0.3) is 11.3 Å². The molecule has 2 rings (SSSR count). The van der Waals surface area contributed by atoms with E-state index < -0.39 is 11.7 Å². The zero-order valence-corrected chi connectivity index (χ0v) is 8.88. The number of aromatic nitrogens is 1. The predicted octanol–water partition coefficient (Wildman–Crippen LogP) is 3.25. The summed E-state index contributed by atoms with van der Waals surface area (Å²) in [5, 5.41) is 3.51. The minimum absolute atomic E-state index is 0.178. The lowest BCUT2D eigenvalue weighted by atomic mass is 10.1. The second-order valence-corrected chi connectivity index (χ2v) is 3.60. The van der Waals surface area contributed by atoms with E-state index in [9.17, 15) is 13.2 Å². The molecule has 2 N–H and O–H groups in total. The third-order valence-electron chi connectivity index (χ3n) is 2.41. The standard InChI is InChI=1S/C11H9F3N2O/c1-6-9(17-16-10(6)15)7-3-2-4-8(5-7)11(12,13)14/h2-5H,1H3,(H2,15,16). The van der Waals surface area contributed by atoms with Gasteiger partial charge in [-0.3, -0.25) is 0 Å². The molecular formula is C11H9F3N2O. The molecule has 0 saturated heterocycles. The summed E-state index contributed by atoms with van der Waals surface area (Å²) in [6.45, 7) is 1.64. The number of nitrogens with two attached hydrogens (primary N) is 1. The van der Waals surface area contributed by atoms with Crippen LogP contribution in [0.1, 0.15) is 11.1 Å². The van der Waals surface area contributed by atoms with E-state index in [-0.39, 0.29) is 11.6 Å². The van der Waals surface area contributed by atoms with Gasteiger partial charge < -0.3 is 10.3 Å². The Hall–Kier alpha value is -1.98. The average Bonchev–Trinajstić information content (AvgIpc) is 2.59. The van der Waals surface area contributed by atoms with Gasteiger partial charge in [0.25, 0.3) is 0 Å². The number of halogens is 3. The van der Waals surface area contributed by atoms with Gasteiger partial charge in [0.15, 0.2) is 11.6 Å².